The highest BCUT2D eigenvalue weighted by Gasteiger charge is 2.39. The molecule has 0 aliphatic carbocycles. The zero-order valence-corrected chi connectivity index (χ0v) is 42.0. The predicted molar refractivity (Wildman–Crippen MR) is 258 cm³/mol. The first kappa shape index (κ1) is 61.4. The van der Waals surface area contributed by atoms with Crippen LogP contribution in [-0.4, -0.2) is 154 Å². The summed E-state index contributed by atoms with van der Waals surface area (Å²) in [6.07, 6.45) is 1.80. The summed E-state index contributed by atoms with van der Waals surface area (Å²) in [4.78, 5) is 126. The van der Waals surface area contributed by atoms with Crippen molar-refractivity contribution in [2.75, 3.05) is 19.6 Å². The number of carbonyl (C=O) groups excluding carboxylic acids is 8. The molecule has 0 aromatic rings. The fraction of sp³-hybridized carbons (Fsp3) is 0.778. The second-order valence-electron chi connectivity index (χ2n) is 18.9. The van der Waals surface area contributed by atoms with Gasteiger partial charge in [-0.05, 0) is 103 Å². The van der Waals surface area contributed by atoms with Crippen molar-refractivity contribution >= 4 is 59.2 Å². The fourth-order valence-corrected chi connectivity index (χ4v) is 7.50. The number of aliphatic imine (C=N–C) groups is 1. The normalized spacial score (nSPS) is 17.9. The molecule has 0 aromatic carbocycles. The Morgan fingerprint density at radius 2 is 1.17 bits per heavy atom. The number of carboxylic acids is 1. The van der Waals surface area contributed by atoms with E-state index in [0.29, 0.717) is 38.6 Å². The van der Waals surface area contributed by atoms with Gasteiger partial charge in [0.2, 0.25) is 47.3 Å². The zero-order valence-electron chi connectivity index (χ0n) is 42.0. The van der Waals surface area contributed by atoms with Crippen LogP contribution in [-0.2, 0) is 43.2 Å². The monoisotopic (exact) mass is 982 g/mol. The Hall–Kier alpha value is -5.62. The van der Waals surface area contributed by atoms with E-state index >= 15 is 0 Å². The quantitative estimate of drug-likeness (QED) is 0.0194. The third-order valence-electron chi connectivity index (χ3n) is 11.8. The highest BCUT2D eigenvalue weighted by atomic mass is 16.4. The number of guanidine groups is 1. The molecule has 11 atom stereocenters. The van der Waals surface area contributed by atoms with Gasteiger partial charge in [-0.15, -0.1) is 0 Å². The number of nitrogens with two attached hydrogens (primary N) is 4. The molecule has 1 fully saturated rings. The van der Waals surface area contributed by atoms with Crippen LogP contribution < -0.4 is 60.2 Å². The molecular formula is C45H83N13O11. The lowest BCUT2D eigenvalue weighted by molar-refractivity contribution is -0.145. The average molecular weight is 982 g/mol. The number of likely N-dealkylation sites (tertiary alicyclic amines) is 1. The lowest BCUT2D eigenvalue weighted by Crippen LogP contribution is -2.60. The number of aliphatic hydroxyl groups excluding tert-OH is 1. The van der Waals surface area contributed by atoms with E-state index in [9.17, 15) is 53.4 Å². The number of carbonyl (C=O) groups is 9. The number of aliphatic carboxylic acids is 1. The molecule has 0 bridgehead atoms. The minimum atomic E-state index is -1.34. The standard InChI is InChI=1S/C45H83N13O11/c1-10-25(6)35(42(66)52-27(8)43(67)58-20-14-17-33(58)40(64)54-30(44(68)69)15-11-12-18-46)57-39(63)32(22-24(4)5)55-36(60)26(7)51-38(62)31(21-23(2)3)56-37(61)29(16-13-19-50-45(48)49)53-41(65)34(47)28(9)59/h23-35,59H,10-22,46-47H2,1-9H3,(H,51,62)(H,52,66)(H,53,65)(H,54,64)(H,55,60)(H,56,61)(H,57,63)(H,68,69)(H4,48,49,50)/t25-,26-,27-,28+,29-,30-,31-,32-,33-,34-,35-/m0/s1. The lowest BCUT2D eigenvalue weighted by atomic mass is 9.96. The number of carboxylic acid groups (broad SMARTS) is 1. The van der Waals surface area contributed by atoms with E-state index in [2.05, 4.69) is 42.2 Å². The minimum Gasteiger partial charge on any atom is -0.480 e. The molecule has 8 amide bonds. The lowest BCUT2D eigenvalue weighted by Gasteiger charge is -2.31. The van der Waals surface area contributed by atoms with Crippen molar-refractivity contribution in [2.45, 2.75) is 187 Å². The van der Waals surface area contributed by atoms with Crippen molar-refractivity contribution in [2.24, 2.45) is 45.7 Å². The molecule has 24 heteroatoms. The summed E-state index contributed by atoms with van der Waals surface area (Å²) in [5, 5.41) is 37.9. The van der Waals surface area contributed by atoms with Gasteiger partial charge in [0.1, 0.15) is 54.4 Å². The first-order chi connectivity index (χ1) is 32.2. The van der Waals surface area contributed by atoms with E-state index in [1.807, 2.05) is 34.6 Å². The van der Waals surface area contributed by atoms with Crippen LogP contribution in [0.1, 0.15) is 127 Å². The molecule has 69 heavy (non-hydrogen) atoms. The van der Waals surface area contributed by atoms with Crippen LogP contribution in [0.4, 0.5) is 0 Å². The van der Waals surface area contributed by atoms with Gasteiger partial charge in [0.05, 0.1) is 6.10 Å². The van der Waals surface area contributed by atoms with Gasteiger partial charge < -0.3 is 75.3 Å². The van der Waals surface area contributed by atoms with Crippen LogP contribution in [0, 0.1) is 17.8 Å². The van der Waals surface area contributed by atoms with Gasteiger partial charge in [0.15, 0.2) is 5.96 Å². The Bertz CT molecular complexity index is 1760. The summed E-state index contributed by atoms with van der Waals surface area (Å²) in [6.45, 7) is 15.7. The van der Waals surface area contributed by atoms with Crippen molar-refractivity contribution in [1.82, 2.24) is 42.1 Å². The number of rotatable bonds is 31. The first-order valence-corrected chi connectivity index (χ1v) is 24.1. The SMILES string of the molecule is CC[C@H](C)[C@H](NC(=O)[C@H](CC(C)C)NC(=O)[C@H](C)NC(=O)[C@H](CC(C)C)NC(=O)[C@H](CCCN=C(N)N)NC(=O)[C@@H](N)[C@@H](C)O)C(=O)N[C@@H](C)C(=O)N1CCC[C@H]1C(=O)N[C@@H](CCCCN)C(=O)O. The fourth-order valence-electron chi connectivity index (χ4n) is 7.50. The molecule has 0 saturated carbocycles. The second-order valence-corrected chi connectivity index (χ2v) is 18.9. The Morgan fingerprint density at radius 3 is 1.70 bits per heavy atom. The van der Waals surface area contributed by atoms with E-state index in [1.54, 1.807) is 6.92 Å². The van der Waals surface area contributed by atoms with Gasteiger partial charge in [0.25, 0.3) is 0 Å². The molecule has 0 radical (unpaired) electrons. The molecule has 17 N–H and O–H groups in total. The van der Waals surface area contributed by atoms with Crippen LogP contribution >= 0.6 is 0 Å². The maximum Gasteiger partial charge on any atom is 0.326 e. The largest absolute Gasteiger partial charge is 0.480 e. The Balaban J connectivity index is 3.18. The molecule has 1 aliphatic rings. The minimum absolute atomic E-state index is 0.0412. The Labute approximate surface area is 406 Å². The molecule has 0 unspecified atom stereocenters. The van der Waals surface area contributed by atoms with Gasteiger partial charge >= 0.3 is 5.97 Å². The van der Waals surface area contributed by atoms with Gasteiger partial charge in [-0.3, -0.25) is 43.3 Å². The zero-order chi connectivity index (χ0) is 52.7. The highest BCUT2D eigenvalue weighted by molar-refractivity contribution is 5.98. The number of amides is 8. The molecule has 1 aliphatic heterocycles. The highest BCUT2D eigenvalue weighted by Crippen LogP contribution is 2.20. The molecule has 24 nitrogen and oxygen atoms in total. The Morgan fingerprint density at radius 1 is 0.652 bits per heavy atom. The topological polar surface area (TPSA) is 398 Å². The molecule has 1 rings (SSSR count). The molecular weight excluding hydrogens is 899 g/mol. The average Bonchev–Trinajstić information content (AvgIpc) is 3.77. The van der Waals surface area contributed by atoms with Crippen LogP contribution in [0.2, 0.25) is 0 Å². The molecule has 0 spiro atoms. The van der Waals surface area contributed by atoms with Crippen molar-refractivity contribution in [3.63, 3.8) is 0 Å². The molecule has 1 heterocycles. The van der Waals surface area contributed by atoms with Gasteiger partial charge in [-0.1, -0.05) is 48.0 Å². The summed E-state index contributed by atoms with van der Waals surface area (Å²) in [7, 11) is 0. The molecule has 394 valence electrons. The van der Waals surface area contributed by atoms with Crippen molar-refractivity contribution in [3.05, 3.63) is 0 Å². The number of nitrogens with one attached hydrogen (secondary N) is 7. The predicted octanol–water partition coefficient (Wildman–Crippen LogP) is -2.48. The van der Waals surface area contributed by atoms with E-state index in [4.69, 9.17) is 22.9 Å². The number of aliphatic hydroxyl groups is 1. The number of hydrogen-bond acceptors (Lipinski definition) is 13. The van der Waals surface area contributed by atoms with Crippen LogP contribution in [0.25, 0.3) is 0 Å². The number of hydrogen-bond donors (Lipinski definition) is 13. The van der Waals surface area contributed by atoms with E-state index in [-0.39, 0.29) is 63.0 Å². The van der Waals surface area contributed by atoms with Gasteiger partial charge in [-0.25, -0.2) is 4.79 Å². The maximum atomic E-state index is 14.0. The van der Waals surface area contributed by atoms with Crippen LogP contribution in [0.3, 0.4) is 0 Å². The third kappa shape index (κ3) is 21.7. The summed E-state index contributed by atoms with van der Waals surface area (Å²) in [5.41, 5.74) is 22.1. The third-order valence-corrected chi connectivity index (χ3v) is 11.8. The molecule has 0 aromatic heterocycles. The number of nitrogens with zero attached hydrogens (tertiary/aromatic N) is 2. The summed E-state index contributed by atoms with van der Waals surface area (Å²) >= 11 is 0. The van der Waals surface area contributed by atoms with Crippen molar-refractivity contribution in [3.8, 4) is 0 Å². The first-order valence-electron chi connectivity index (χ1n) is 24.1. The van der Waals surface area contributed by atoms with E-state index in [0.717, 1.165) is 0 Å². The summed E-state index contributed by atoms with van der Waals surface area (Å²) in [6, 6.07) is -10.5. The second kappa shape index (κ2) is 30.8. The van der Waals surface area contributed by atoms with Crippen LogP contribution in [0.5, 0.6) is 0 Å². The van der Waals surface area contributed by atoms with Gasteiger partial charge in [-0.2, -0.15) is 0 Å². The summed E-state index contributed by atoms with van der Waals surface area (Å²) in [5.74, 6) is -7.63. The van der Waals surface area contributed by atoms with E-state index in [1.165, 1.54) is 25.7 Å². The maximum absolute atomic E-state index is 14.0. The van der Waals surface area contributed by atoms with Crippen molar-refractivity contribution in [1.29, 1.82) is 0 Å². The van der Waals surface area contributed by atoms with Crippen molar-refractivity contribution < 1.29 is 53.4 Å². The summed E-state index contributed by atoms with van der Waals surface area (Å²) < 4.78 is 0. The number of unbranched alkanes of at least 4 members (excludes halogenated alkanes) is 1. The van der Waals surface area contributed by atoms with Crippen LogP contribution in [0.15, 0.2) is 4.99 Å². The smallest absolute Gasteiger partial charge is 0.326 e. The molecule has 1 saturated heterocycles. The van der Waals surface area contributed by atoms with Gasteiger partial charge in [0, 0.05) is 13.1 Å². The Kier molecular flexibility index (Phi) is 27.4. The van der Waals surface area contributed by atoms with E-state index < -0.39 is 120 Å².